The molecule has 0 atom stereocenters. The van der Waals surface area contributed by atoms with Gasteiger partial charge in [-0.15, -0.1) is 0 Å². The molecule has 0 bridgehead atoms. The second-order valence-corrected chi connectivity index (χ2v) is 12.8. The third kappa shape index (κ3) is 5.70. The lowest BCUT2D eigenvalue weighted by atomic mass is 9.75. The molecule has 3 aromatic rings. The number of aryl methyl sites for hydroxylation is 3. The fourth-order valence-electron chi connectivity index (χ4n) is 7.70. The Labute approximate surface area is 259 Å². The van der Waals surface area contributed by atoms with Gasteiger partial charge in [0.1, 0.15) is 5.82 Å². The van der Waals surface area contributed by atoms with Crippen molar-refractivity contribution in [1.29, 1.82) is 0 Å². The molecule has 0 radical (unpaired) electrons. The Morgan fingerprint density at radius 1 is 1.02 bits per heavy atom. The van der Waals surface area contributed by atoms with E-state index >= 15 is 4.39 Å². The smallest absolute Gasteiger partial charge is 0.253 e. The van der Waals surface area contributed by atoms with Gasteiger partial charge in [-0.25, -0.2) is 4.39 Å². The number of carbonyl (C=O) groups is 1. The van der Waals surface area contributed by atoms with Crippen molar-refractivity contribution in [2.75, 3.05) is 37.9 Å². The summed E-state index contributed by atoms with van der Waals surface area (Å²) in [6, 6.07) is 9.84. The summed E-state index contributed by atoms with van der Waals surface area (Å²) in [5.41, 5.74) is 7.79. The largest absolute Gasteiger partial charge is 0.381 e. The van der Waals surface area contributed by atoms with Crippen LogP contribution in [0.2, 0.25) is 0 Å². The second-order valence-electron chi connectivity index (χ2n) is 12.8. The van der Waals surface area contributed by atoms with Crippen molar-refractivity contribution >= 4 is 11.6 Å². The van der Waals surface area contributed by atoms with Crippen molar-refractivity contribution in [1.82, 2.24) is 10.3 Å². The summed E-state index contributed by atoms with van der Waals surface area (Å²) in [6.45, 7) is 11.5. The Morgan fingerprint density at radius 3 is 2.45 bits per heavy atom. The number of hydrogen-bond donors (Lipinski definition) is 2. The highest BCUT2D eigenvalue weighted by Gasteiger charge is 2.40. The number of pyridine rings is 1. The number of aromatic nitrogens is 1. The molecule has 234 valence electrons. The number of hydrogen-bond acceptors (Lipinski definition) is 5. The number of amides is 1. The van der Waals surface area contributed by atoms with E-state index in [1.165, 1.54) is 5.56 Å². The average Bonchev–Trinajstić information content (AvgIpc) is 3.34. The standard InChI is InChI=1S/C36H44FN3O4/c1-5-40(27-7-12-43-13-8-27)33-19-26(29-20-31-25(18-32(29)37)6-9-36(31)10-14-44-15-11-36)17-28(24(33)4)34(41)38-21-30-22(2)16-23(3)39-35(30)42/h16-20,27H,5-15,21H2,1-4H3,(H,38,41)(H,39,42). The summed E-state index contributed by atoms with van der Waals surface area (Å²) in [6.07, 6.45) is 5.58. The molecule has 1 amide bonds. The number of aromatic amines is 1. The first kappa shape index (κ1) is 30.5. The monoisotopic (exact) mass is 601 g/mol. The van der Waals surface area contributed by atoms with Gasteiger partial charge in [-0.3, -0.25) is 9.59 Å². The summed E-state index contributed by atoms with van der Waals surface area (Å²) < 4.78 is 27.3. The zero-order valence-corrected chi connectivity index (χ0v) is 26.4. The van der Waals surface area contributed by atoms with E-state index in [0.29, 0.717) is 35.5 Å². The highest BCUT2D eigenvalue weighted by molar-refractivity contribution is 5.99. The van der Waals surface area contributed by atoms with E-state index in [1.54, 1.807) is 6.07 Å². The van der Waals surface area contributed by atoms with Crippen molar-refractivity contribution in [3.05, 3.63) is 85.6 Å². The molecule has 2 aromatic carbocycles. The van der Waals surface area contributed by atoms with E-state index < -0.39 is 0 Å². The molecule has 3 aliphatic rings. The van der Waals surface area contributed by atoms with Gasteiger partial charge in [0.2, 0.25) is 0 Å². The van der Waals surface area contributed by atoms with Gasteiger partial charge >= 0.3 is 0 Å². The molecule has 2 fully saturated rings. The lowest BCUT2D eigenvalue weighted by Crippen LogP contribution is -2.40. The molecule has 44 heavy (non-hydrogen) atoms. The summed E-state index contributed by atoms with van der Waals surface area (Å²) in [7, 11) is 0. The normalized spacial score (nSPS) is 17.9. The molecule has 3 heterocycles. The van der Waals surface area contributed by atoms with Crippen LogP contribution in [0.5, 0.6) is 0 Å². The zero-order chi connectivity index (χ0) is 31.0. The van der Waals surface area contributed by atoms with Crippen molar-refractivity contribution in [2.45, 2.75) is 84.2 Å². The number of ether oxygens (including phenoxy) is 2. The second kappa shape index (κ2) is 12.5. The van der Waals surface area contributed by atoms with E-state index in [1.807, 2.05) is 32.9 Å². The Bertz CT molecular complexity index is 1620. The highest BCUT2D eigenvalue weighted by atomic mass is 19.1. The van der Waals surface area contributed by atoms with Crippen molar-refractivity contribution in [3.63, 3.8) is 0 Å². The summed E-state index contributed by atoms with van der Waals surface area (Å²) in [5.74, 6) is -0.541. The number of carbonyl (C=O) groups excluding carboxylic acids is 1. The molecule has 8 heteroatoms. The maximum atomic E-state index is 16.0. The topological polar surface area (TPSA) is 83.7 Å². The fraction of sp³-hybridized carbons (Fsp3) is 0.500. The van der Waals surface area contributed by atoms with Crippen LogP contribution < -0.4 is 15.8 Å². The van der Waals surface area contributed by atoms with E-state index in [4.69, 9.17) is 9.47 Å². The predicted molar refractivity (Wildman–Crippen MR) is 171 cm³/mol. The molecule has 1 aromatic heterocycles. The van der Waals surface area contributed by atoms with Crippen molar-refractivity contribution < 1.29 is 18.7 Å². The predicted octanol–water partition coefficient (Wildman–Crippen LogP) is 6.04. The Morgan fingerprint density at radius 2 is 1.75 bits per heavy atom. The molecule has 6 rings (SSSR count). The summed E-state index contributed by atoms with van der Waals surface area (Å²) in [4.78, 5) is 31.7. The molecular weight excluding hydrogens is 557 g/mol. The number of nitrogens with one attached hydrogen (secondary N) is 2. The van der Waals surface area contributed by atoms with E-state index in [9.17, 15) is 9.59 Å². The number of rotatable bonds is 7. The zero-order valence-electron chi connectivity index (χ0n) is 26.4. The van der Waals surface area contributed by atoms with Gasteiger partial charge in [0.15, 0.2) is 0 Å². The number of benzene rings is 2. The average molecular weight is 602 g/mol. The summed E-state index contributed by atoms with van der Waals surface area (Å²) in [5, 5.41) is 3.00. The van der Waals surface area contributed by atoms with Gasteiger partial charge in [-0.2, -0.15) is 0 Å². The van der Waals surface area contributed by atoms with Crippen LogP contribution in [-0.2, 0) is 27.9 Å². The molecule has 7 nitrogen and oxygen atoms in total. The van der Waals surface area contributed by atoms with Gasteiger partial charge in [0.25, 0.3) is 11.5 Å². The van der Waals surface area contributed by atoms with Gasteiger partial charge < -0.3 is 24.7 Å². The third-order valence-corrected chi connectivity index (χ3v) is 10.2. The molecule has 2 N–H and O–H groups in total. The van der Waals surface area contributed by atoms with Crippen LogP contribution in [0.3, 0.4) is 0 Å². The maximum absolute atomic E-state index is 16.0. The molecule has 2 saturated heterocycles. The van der Waals surface area contributed by atoms with Crippen molar-refractivity contribution in [3.8, 4) is 11.1 Å². The first-order chi connectivity index (χ1) is 21.2. The molecule has 0 saturated carbocycles. The van der Waals surface area contributed by atoms with Crippen LogP contribution in [0.25, 0.3) is 11.1 Å². The van der Waals surface area contributed by atoms with Crippen LogP contribution in [0.1, 0.15) is 82.9 Å². The minimum absolute atomic E-state index is 0.0280. The van der Waals surface area contributed by atoms with Crippen LogP contribution >= 0.6 is 0 Å². The Kier molecular flexibility index (Phi) is 8.66. The molecule has 2 aliphatic heterocycles. The van der Waals surface area contributed by atoms with Crippen LogP contribution in [0.4, 0.5) is 10.1 Å². The quantitative estimate of drug-likeness (QED) is 0.345. The van der Waals surface area contributed by atoms with E-state index in [2.05, 4.69) is 34.3 Å². The molecule has 1 aliphatic carbocycles. The Balaban J connectivity index is 1.43. The molecular formula is C36H44FN3O4. The van der Waals surface area contributed by atoms with Gasteiger partial charge in [0, 0.05) is 79.0 Å². The third-order valence-electron chi connectivity index (χ3n) is 10.2. The van der Waals surface area contributed by atoms with Crippen LogP contribution in [-0.4, -0.2) is 49.9 Å². The van der Waals surface area contributed by atoms with E-state index in [0.717, 1.165) is 86.4 Å². The van der Waals surface area contributed by atoms with Gasteiger partial charge in [-0.1, -0.05) is 0 Å². The first-order valence-electron chi connectivity index (χ1n) is 16.1. The lowest BCUT2D eigenvalue weighted by molar-refractivity contribution is 0.0506. The highest BCUT2D eigenvalue weighted by Crippen LogP contribution is 2.48. The SMILES string of the molecule is CCN(c1cc(-c2cc3c(cc2F)CCC32CCOCC2)cc(C(=O)NCc2c(C)cc(C)[nH]c2=O)c1C)C1CCOCC1. The maximum Gasteiger partial charge on any atom is 0.253 e. The van der Waals surface area contributed by atoms with Crippen molar-refractivity contribution in [2.24, 2.45) is 0 Å². The minimum Gasteiger partial charge on any atom is -0.381 e. The fourth-order valence-corrected chi connectivity index (χ4v) is 7.70. The number of halogens is 1. The molecule has 1 spiro atoms. The lowest BCUT2D eigenvalue weighted by Gasteiger charge is -2.37. The summed E-state index contributed by atoms with van der Waals surface area (Å²) >= 11 is 0. The number of nitrogens with zero attached hydrogens (tertiary/aromatic N) is 1. The van der Waals surface area contributed by atoms with Crippen LogP contribution in [0.15, 0.2) is 35.1 Å². The minimum atomic E-state index is -0.282. The number of fused-ring (bicyclic) bond motifs is 2. The Hall–Kier alpha value is -3.49. The number of H-pyrrole nitrogens is 1. The first-order valence-corrected chi connectivity index (χ1v) is 16.1. The van der Waals surface area contributed by atoms with Crippen LogP contribution in [0, 0.1) is 26.6 Å². The number of anilines is 1. The molecule has 0 unspecified atom stereocenters. The van der Waals surface area contributed by atoms with Gasteiger partial charge in [-0.05, 0) is 124 Å². The van der Waals surface area contributed by atoms with Gasteiger partial charge in [0.05, 0.1) is 0 Å². The van der Waals surface area contributed by atoms with E-state index in [-0.39, 0.29) is 35.3 Å².